The molecule has 0 saturated heterocycles. The molecular formula is C26H25ClN2O4S. The van der Waals surface area contributed by atoms with Crippen molar-refractivity contribution in [3.05, 3.63) is 93.6 Å². The molecule has 1 aromatic heterocycles. The van der Waals surface area contributed by atoms with Crippen LogP contribution < -0.4 is 9.46 Å². The number of fused-ring (bicyclic) bond motifs is 1. The number of aryl methyl sites for hydroxylation is 2. The topological polar surface area (TPSA) is 88.3 Å². The number of benzene rings is 3. The standard InChI is InChI=1S/C26H25ClN2O4S/c1-4-33-20-9-7-18(24(27)15-20)13-22-17(3)28-25-12-8-19(14-23(22)25)26(30)29-34(31,32)21-10-5-16(2)6-11-21/h5-12,14-15,28H,4,13H2,1-3H3,(H,29,30). The summed E-state index contributed by atoms with van der Waals surface area (Å²) in [5.74, 6) is 0.0204. The molecule has 3 aromatic carbocycles. The SMILES string of the molecule is CCOc1ccc(Cc2c(C)[nH]c3ccc(C(=O)NS(=O)(=O)c4ccc(C)cc4)cc23)c(Cl)c1. The quantitative estimate of drug-likeness (QED) is 0.351. The van der Waals surface area contributed by atoms with Gasteiger partial charge >= 0.3 is 0 Å². The van der Waals surface area contributed by atoms with E-state index in [1.165, 1.54) is 12.1 Å². The molecule has 8 heteroatoms. The molecule has 0 aliphatic rings. The van der Waals surface area contributed by atoms with Gasteiger partial charge in [-0.3, -0.25) is 4.79 Å². The third-order valence-electron chi connectivity index (χ3n) is 5.64. The second kappa shape index (κ2) is 9.52. The Kier molecular flexibility index (Phi) is 6.68. The maximum atomic E-state index is 12.8. The molecule has 0 aliphatic heterocycles. The van der Waals surface area contributed by atoms with E-state index in [2.05, 4.69) is 9.71 Å². The summed E-state index contributed by atoms with van der Waals surface area (Å²) < 4.78 is 33.0. The molecule has 0 aliphatic carbocycles. The average Bonchev–Trinajstić information content (AvgIpc) is 3.10. The zero-order chi connectivity index (χ0) is 24.5. The number of aromatic amines is 1. The van der Waals surface area contributed by atoms with E-state index in [0.29, 0.717) is 23.8 Å². The minimum absolute atomic E-state index is 0.0378. The van der Waals surface area contributed by atoms with Crippen molar-refractivity contribution < 1.29 is 17.9 Å². The summed E-state index contributed by atoms with van der Waals surface area (Å²) in [4.78, 5) is 16.2. The fraction of sp³-hybridized carbons (Fsp3) is 0.192. The molecule has 0 radical (unpaired) electrons. The second-order valence-electron chi connectivity index (χ2n) is 8.10. The monoisotopic (exact) mass is 496 g/mol. The summed E-state index contributed by atoms with van der Waals surface area (Å²) in [5.41, 5.74) is 4.89. The van der Waals surface area contributed by atoms with Gasteiger partial charge in [0.2, 0.25) is 0 Å². The fourth-order valence-corrected chi connectivity index (χ4v) is 5.04. The van der Waals surface area contributed by atoms with E-state index in [9.17, 15) is 13.2 Å². The summed E-state index contributed by atoms with van der Waals surface area (Å²) in [7, 11) is -3.98. The van der Waals surface area contributed by atoms with Crippen molar-refractivity contribution in [2.24, 2.45) is 0 Å². The molecule has 0 bridgehead atoms. The number of carbonyl (C=O) groups excluding carboxylic acids is 1. The van der Waals surface area contributed by atoms with Gasteiger partial charge < -0.3 is 9.72 Å². The van der Waals surface area contributed by atoms with Gasteiger partial charge in [0.15, 0.2) is 0 Å². The van der Waals surface area contributed by atoms with Gasteiger partial charge in [0.25, 0.3) is 15.9 Å². The molecule has 176 valence electrons. The normalized spacial score (nSPS) is 11.5. The van der Waals surface area contributed by atoms with E-state index in [-0.39, 0.29) is 10.5 Å². The number of halogens is 1. The molecule has 34 heavy (non-hydrogen) atoms. The van der Waals surface area contributed by atoms with Crippen LogP contribution in [0.4, 0.5) is 0 Å². The smallest absolute Gasteiger partial charge is 0.265 e. The van der Waals surface area contributed by atoms with Gasteiger partial charge in [-0.15, -0.1) is 0 Å². The highest BCUT2D eigenvalue weighted by Crippen LogP contribution is 2.30. The molecule has 4 rings (SSSR count). The zero-order valence-electron chi connectivity index (χ0n) is 19.1. The molecule has 0 atom stereocenters. The number of sulfonamides is 1. The number of ether oxygens (including phenoxy) is 1. The number of hydrogen-bond acceptors (Lipinski definition) is 4. The molecule has 0 fully saturated rings. The van der Waals surface area contributed by atoms with Crippen molar-refractivity contribution in [2.45, 2.75) is 32.1 Å². The molecule has 0 saturated carbocycles. The van der Waals surface area contributed by atoms with Crippen LogP contribution in [-0.4, -0.2) is 25.9 Å². The summed E-state index contributed by atoms with van der Waals surface area (Å²) in [6, 6.07) is 17.0. The van der Waals surface area contributed by atoms with Crippen LogP contribution in [0.1, 0.15) is 39.7 Å². The molecular weight excluding hydrogens is 472 g/mol. The van der Waals surface area contributed by atoms with Crippen molar-refractivity contribution >= 4 is 38.4 Å². The highest BCUT2D eigenvalue weighted by molar-refractivity contribution is 7.90. The average molecular weight is 497 g/mol. The van der Waals surface area contributed by atoms with Crippen LogP contribution in [0.25, 0.3) is 10.9 Å². The van der Waals surface area contributed by atoms with Gasteiger partial charge in [-0.1, -0.05) is 35.4 Å². The largest absolute Gasteiger partial charge is 0.494 e. The minimum atomic E-state index is -3.98. The van der Waals surface area contributed by atoms with Crippen LogP contribution in [0.3, 0.4) is 0 Å². The summed E-state index contributed by atoms with van der Waals surface area (Å²) in [6.07, 6.45) is 0.545. The lowest BCUT2D eigenvalue weighted by molar-refractivity contribution is 0.0981. The number of hydrogen-bond donors (Lipinski definition) is 2. The second-order valence-corrected chi connectivity index (χ2v) is 10.2. The number of rotatable bonds is 7. The van der Waals surface area contributed by atoms with Gasteiger partial charge in [-0.05, 0) is 74.4 Å². The molecule has 2 N–H and O–H groups in total. The van der Waals surface area contributed by atoms with Crippen LogP contribution >= 0.6 is 11.6 Å². The van der Waals surface area contributed by atoms with E-state index in [4.69, 9.17) is 16.3 Å². The Morgan fingerprint density at radius 3 is 2.44 bits per heavy atom. The van der Waals surface area contributed by atoms with Crippen LogP contribution in [-0.2, 0) is 16.4 Å². The van der Waals surface area contributed by atoms with Crippen molar-refractivity contribution in [1.82, 2.24) is 9.71 Å². The Bertz CT molecular complexity index is 1470. The molecule has 1 amide bonds. The number of aromatic nitrogens is 1. The number of H-pyrrole nitrogens is 1. The summed E-state index contributed by atoms with van der Waals surface area (Å²) >= 11 is 6.49. The maximum Gasteiger partial charge on any atom is 0.265 e. The number of carbonyl (C=O) groups is 1. The van der Waals surface area contributed by atoms with Gasteiger partial charge in [0.05, 0.1) is 11.5 Å². The molecule has 6 nitrogen and oxygen atoms in total. The highest BCUT2D eigenvalue weighted by atomic mass is 35.5. The first-order chi connectivity index (χ1) is 16.2. The van der Waals surface area contributed by atoms with E-state index in [1.807, 2.05) is 32.9 Å². The summed E-state index contributed by atoms with van der Waals surface area (Å²) in [6.45, 7) is 6.29. The fourth-order valence-electron chi connectivity index (χ4n) is 3.83. The van der Waals surface area contributed by atoms with Crippen molar-refractivity contribution in [2.75, 3.05) is 6.61 Å². The Labute approximate surface area is 204 Å². The maximum absolute atomic E-state index is 12.8. The van der Waals surface area contributed by atoms with Crippen LogP contribution in [0, 0.1) is 13.8 Å². The molecule has 0 spiro atoms. The zero-order valence-corrected chi connectivity index (χ0v) is 20.7. The van der Waals surface area contributed by atoms with E-state index < -0.39 is 15.9 Å². The summed E-state index contributed by atoms with van der Waals surface area (Å²) in [5, 5.41) is 1.43. The lowest BCUT2D eigenvalue weighted by Crippen LogP contribution is -2.30. The third kappa shape index (κ3) is 4.95. The lowest BCUT2D eigenvalue weighted by Gasteiger charge is -2.09. The van der Waals surface area contributed by atoms with E-state index in [0.717, 1.165) is 33.3 Å². The van der Waals surface area contributed by atoms with Gasteiger partial charge in [0, 0.05) is 33.6 Å². The third-order valence-corrected chi connectivity index (χ3v) is 7.34. The lowest BCUT2D eigenvalue weighted by atomic mass is 10.0. The highest BCUT2D eigenvalue weighted by Gasteiger charge is 2.20. The number of amides is 1. The Morgan fingerprint density at radius 1 is 1.03 bits per heavy atom. The Hall–Kier alpha value is -3.29. The Morgan fingerprint density at radius 2 is 1.76 bits per heavy atom. The van der Waals surface area contributed by atoms with Crippen molar-refractivity contribution in [3.8, 4) is 5.75 Å². The van der Waals surface area contributed by atoms with E-state index >= 15 is 0 Å². The van der Waals surface area contributed by atoms with Crippen LogP contribution in [0.2, 0.25) is 5.02 Å². The Balaban J connectivity index is 1.63. The first-order valence-corrected chi connectivity index (χ1v) is 12.7. The molecule has 4 aromatic rings. The molecule has 0 unspecified atom stereocenters. The minimum Gasteiger partial charge on any atom is -0.494 e. The first kappa shape index (κ1) is 23.9. The van der Waals surface area contributed by atoms with Crippen LogP contribution in [0.15, 0.2) is 65.6 Å². The van der Waals surface area contributed by atoms with Gasteiger partial charge in [0.1, 0.15) is 5.75 Å². The number of nitrogens with one attached hydrogen (secondary N) is 2. The molecule has 1 heterocycles. The van der Waals surface area contributed by atoms with Crippen molar-refractivity contribution in [1.29, 1.82) is 0 Å². The van der Waals surface area contributed by atoms with Crippen LogP contribution in [0.5, 0.6) is 5.75 Å². The van der Waals surface area contributed by atoms with E-state index in [1.54, 1.807) is 36.4 Å². The predicted octanol–water partition coefficient (Wildman–Crippen LogP) is 5.55. The first-order valence-electron chi connectivity index (χ1n) is 10.8. The predicted molar refractivity (Wildman–Crippen MR) is 134 cm³/mol. The van der Waals surface area contributed by atoms with Gasteiger partial charge in [-0.25, -0.2) is 13.1 Å². The van der Waals surface area contributed by atoms with Crippen molar-refractivity contribution in [3.63, 3.8) is 0 Å². The van der Waals surface area contributed by atoms with Gasteiger partial charge in [-0.2, -0.15) is 0 Å².